The number of aromatic nitrogens is 2. The Labute approximate surface area is 246 Å². The van der Waals surface area contributed by atoms with Crippen molar-refractivity contribution in [3.63, 3.8) is 0 Å². The monoisotopic (exact) mass is 544 g/mol. The average molecular weight is 545 g/mol. The number of hydrogen-bond donors (Lipinski definition) is 0. The van der Waals surface area contributed by atoms with Gasteiger partial charge in [-0.3, -0.25) is 4.90 Å². The minimum absolute atomic E-state index is 0.0955. The Balaban J connectivity index is 1.40. The molecule has 0 atom stereocenters. The summed E-state index contributed by atoms with van der Waals surface area (Å²) in [4.78, 5) is 14.4. The summed E-state index contributed by atoms with van der Waals surface area (Å²) in [7, 11) is 0. The van der Waals surface area contributed by atoms with Gasteiger partial charge in [-0.2, -0.15) is 0 Å². The third-order valence-electron chi connectivity index (χ3n) is 9.32. The Morgan fingerprint density at radius 3 is 2.07 bits per heavy atom. The van der Waals surface area contributed by atoms with Gasteiger partial charge < -0.3 is 4.90 Å². The molecular weight excluding hydrogens is 512 g/mol. The van der Waals surface area contributed by atoms with Crippen molar-refractivity contribution in [2.24, 2.45) is 0 Å². The van der Waals surface area contributed by atoms with Gasteiger partial charge in [0.05, 0.1) is 17.1 Å². The van der Waals surface area contributed by atoms with Crippen LogP contribution in [-0.2, 0) is 10.8 Å². The van der Waals surface area contributed by atoms with Gasteiger partial charge >= 0.3 is 0 Å². The molecule has 4 aromatic carbocycles. The fourth-order valence-electron chi connectivity index (χ4n) is 7.14. The third kappa shape index (κ3) is 3.35. The summed E-state index contributed by atoms with van der Waals surface area (Å²) < 4.78 is 0. The molecule has 0 amide bonds. The summed E-state index contributed by atoms with van der Waals surface area (Å²) in [6, 6.07) is 39.1. The summed E-state index contributed by atoms with van der Waals surface area (Å²) in [5.74, 6) is 1.70. The highest BCUT2D eigenvalue weighted by atomic mass is 15.2. The molecule has 2 aliphatic rings. The van der Waals surface area contributed by atoms with E-state index in [0.717, 1.165) is 28.1 Å². The van der Waals surface area contributed by atoms with Crippen molar-refractivity contribution >= 4 is 45.2 Å². The molecule has 4 nitrogen and oxygen atoms in total. The average Bonchev–Trinajstić information content (AvgIpc) is 3.02. The third-order valence-corrected chi connectivity index (χ3v) is 9.32. The molecule has 42 heavy (non-hydrogen) atoms. The predicted octanol–water partition coefficient (Wildman–Crippen LogP) is 9.85. The normalized spacial score (nSPS) is 15.5. The highest BCUT2D eigenvalue weighted by Crippen LogP contribution is 2.60. The van der Waals surface area contributed by atoms with Gasteiger partial charge in [0.25, 0.3) is 0 Å². The first-order valence-electron chi connectivity index (χ1n) is 14.6. The van der Waals surface area contributed by atoms with E-state index in [4.69, 9.17) is 9.97 Å². The van der Waals surface area contributed by atoms with Crippen molar-refractivity contribution in [3.05, 3.63) is 144 Å². The fourth-order valence-corrected chi connectivity index (χ4v) is 7.14. The van der Waals surface area contributed by atoms with Crippen molar-refractivity contribution < 1.29 is 0 Å². The molecule has 2 aromatic heterocycles. The number of nitrogens with zero attached hydrogens (tertiary/aromatic N) is 4. The number of fused-ring (bicyclic) bond motifs is 5. The highest BCUT2D eigenvalue weighted by molar-refractivity contribution is 5.98. The molecule has 0 bridgehead atoms. The molecule has 0 fully saturated rings. The lowest BCUT2D eigenvalue weighted by atomic mass is 9.66. The van der Waals surface area contributed by atoms with Crippen molar-refractivity contribution in [1.82, 2.24) is 9.97 Å². The van der Waals surface area contributed by atoms with Crippen LogP contribution in [0.15, 0.2) is 122 Å². The van der Waals surface area contributed by atoms with Gasteiger partial charge in [-0.25, -0.2) is 9.97 Å². The number of hydrogen-bond acceptors (Lipinski definition) is 4. The van der Waals surface area contributed by atoms with Gasteiger partial charge in [0.15, 0.2) is 0 Å². The second-order valence-electron chi connectivity index (χ2n) is 12.4. The molecule has 0 N–H and O–H groups in total. The van der Waals surface area contributed by atoms with Crippen LogP contribution < -0.4 is 9.80 Å². The van der Waals surface area contributed by atoms with E-state index in [9.17, 15) is 0 Å². The first kappa shape index (κ1) is 24.8. The van der Waals surface area contributed by atoms with Crippen LogP contribution in [-0.4, -0.2) is 9.97 Å². The van der Waals surface area contributed by atoms with Crippen molar-refractivity contribution in [2.45, 2.75) is 38.5 Å². The van der Waals surface area contributed by atoms with Crippen molar-refractivity contribution in [3.8, 4) is 0 Å². The maximum atomic E-state index is 4.92. The molecule has 0 spiro atoms. The van der Waals surface area contributed by atoms with E-state index in [1.54, 1.807) is 0 Å². The zero-order chi connectivity index (χ0) is 28.6. The molecule has 0 aliphatic carbocycles. The lowest BCUT2D eigenvalue weighted by Crippen LogP contribution is -2.38. The van der Waals surface area contributed by atoms with Crippen molar-refractivity contribution in [2.75, 3.05) is 9.80 Å². The second-order valence-corrected chi connectivity index (χ2v) is 12.4. The summed E-state index contributed by atoms with van der Waals surface area (Å²) in [6.07, 6.45) is 3.74. The molecule has 2 aliphatic heterocycles. The maximum Gasteiger partial charge on any atom is 0.146 e. The lowest BCUT2D eigenvalue weighted by Gasteiger charge is -2.49. The van der Waals surface area contributed by atoms with E-state index in [1.807, 2.05) is 24.5 Å². The zero-order valence-corrected chi connectivity index (χ0v) is 24.3. The Morgan fingerprint density at radius 1 is 0.571 bits per heavy atom. The maximum absolute atomic E-state index is 4.92. The van der Waals surface area contributed by atoms with E-state index < -0.39 is 0 Å². The quantitative estimate of drug-likeness (QED) is 0.222. The van der Waals surface area contributed by atoms with E-state index in [2.05, 4.69) is 135 Å². The van der Waals surface area contributed by atoms with Crippen LogP contribution in [0.4, 0.5) is 34.4 Å². The topological polar surface area (TPSA) is 32.3 Å². The number of para-hydroxylation sites is 2. The molecule has 4 heterocycles. The summed E-state index contributed by atoms with van der Waals surface area (Å²) in [5, 5.41) is 2.24. The van der Waals surface area contributed by atoms with Gasteiger partial charge in [-0.1, -0.05) is 94.4 Å². The van der Waals surface area contributed by atoms with Crippen LogP contribution >= 0.6 is 0 Å². The predicted molar refractivity (Wildman–Crippen MR) is 173 cm³/mol. The number of rotatable bonds is 3. The van der Waals surface area contributed by atoms with E-state index in [-0.39, 0.29) is 10.8 Å². The molecule has 204 valence electrons. The summed E-state index contributed by atoms with van der Waals surface area (Å²) in [6.45, 7) is 9.42. The molecule has 0 radical (unpaired) electrons. The minimum atomic E-state index is -0.225. The number of benzene rings is 4. The Morgan fingerprint density at radius 2 is 1.26 bits per heavy atom. The molecule has 0 saturated carbocycles. The highest BCUT2D eigenvalue weighted by Gasteiger charge is 2.45. The van der Waals surface area contributed by atoms with E-state index in [1.165, 1.54) is 39.3 Å². The van der Waals surface area contributed by atoms with Gasteiger partial charge in [0.1, 0.15) is 11.6 Å². The van der Waals surface area contributed by atoms with Gasteiger partial charge in [-0.15, -0.1) is 0 Å². The largest absolute Gasteiger partial charge is 0.309 e. The molecular formula is C38H32N4. The number of anilines is 6. The van der Waals surface area contributed by atoms with Gasteiger partial charge in [-0.05, 0) is 70.1 Å². The fraction of sp³-hybridized carbons (Fsp3) is 0.158. The summed E-state index contributed by atoms with van der Waals surface area (Å²) in [5.41, 5.74) is 9.86. The summed E-state index contributed by atoms with van der Waals surface area (Å²) >= 11 is 0. The molecule has 6 aromatic rings. The second kappa shape index (κ2) is 8.77. The molecule has 0 saturated heterocycles. The number of pyridine rings is 2. The van der Waals surface area contributed by atoms with Crippen LogP contribution in [0.2, 0.25) is 0 Å². The van der Waals surface area contributed by atoms with Crippen LogP contribution in [0.3, 0.4) is 0 Å². The zero-order valence-electron chi connectivity index (χ0n) is 24.3. The smallest absolute Gasteiger partial charge is 0.146 e. The Bertz CT molecular complexity index is 2000. The Hall–Kier alpha value is -4.96. The minimum Gasteiger partial charge on any atom is -0.309 e. The Kier molecular flexibility index (Phi) is 5.18. The first-order valence-corrected chi connectivity index (χ1v) is 14.6. The standard InChI is InChI=1S/C38H32N4/c1-37(2)28-14-7-8-17-32(28)42-33-20-19-26(24-31(33)38(3,4)30-16-11-15-29(37)35(30)42)41(34-18-9-10-22-39-34)36-27-13-6-5-12-25(27)21-23-40-36/h5-24H,1-4H3. The van der Waals surface area contributed by atoms with Gasteiger partial charge in [0, 0.05) is 34.3 Å². The SMILES string of the molecule is CC1(C)c2ccccc2N2c3ccc(N(c4ccccn4)c4nccc5ccccc45)cc3C(C)(C)c3cccc1c32. The van der Waals surface area contributed by atoms with Crippen LogP contribution in [0.25, 0.3) is 10.8 Å². The van der Waals surface area contributed by atoms with Crippen molar-refractivity contribution in [1.29, 1.82) is 0 Å². The van der Waals surface area contributed by atoms with E-state index in [0.29, 0.717) is 0 Å². The lowest BCUT2D eigenvalue weighted by molar-refractivity contribution is 0.597. The molecule has 8 rings (SSSR count). The van der Waals surface area contributed by atoms with Crippen LogP contribution in [0, 0.1) is 0 Å². The van der Waals surface area contributed by atoms with Crippen LogP contribution in [0.1, 0.15) is 49.9 Å². The van der Waals surface area contributed by atoms with Crippen LogP contribution in [0.5, 0.6) is 0 Å². The molecule has 4 heteroatoms. The molecule has 0 unspecified atom stereocenters. The van der Waals surface area contributed by atoms with E-state index >= 15 is 0 Å². The first-order chi connectivity index (χ1) is 20.4. The van der Waals surface area contributed by atoms with Gasteiger partial charge in [0.2, 0.25) is 0 Å².